The maximum Gasteiger partial charge on any atom is 0.270 e. The van der Waals surface area contributed by atoms with Crippen LogP contribution in [0.25, 0.3) is 0 Å². The topological polar surface area (TPSA) is 88.4 Å². The summed E-state index contributed by atoms with van der Waals surface area (Å²) in [7, 11) is 0. The second kappa shape index (κ2) is 6.76. The highest BCUT2D eigenvalue weighted by Gasteiger charge is 2.30. The molecule has 1 unspecified atom stereocenters. The molecule has 0 radical (unpaired) electrons. The fourth-order valence-electron chi connectivity index (χ4n) is 2.93. The molecule has 1 amide bonds. The van der Waals surface area contributed by atoms with E-state index in [1.807, 2.05) is 12.1 Å². The van der Waals surface area contributed by atoms with E-state index in [1.54, 1.807) is 30.3 Å². The Balaban J connectivity index is 1.95. The van der Waals surface area contributed by atoms with Gasteiger partial charge in [0, 0.05) is 49.7 Å². The van der Waals surface area contributed by atoms with Gasteiger partial charge in [-0.2, -0.15) is 0 Å². The number of carbonyl (C=O) groups is 1. The molecule has 2 aromatic rings. The number of hydrogen-bond donors (Lipinski definition) is 1. The zero-order valence-electron chi connectivity index (χ0n) is 13.3. The smallest absolute Gasteiger partial charge is 0.270 e. The van der Waals surface area contributed by atoms with Gasteiger partial charge in [-0.05, 0) is 24.1 Å². The molecule has 7 nitrogen and oxygen atoms in total. The third-order valence-corrected chi connectivity index (χ3v) is 4.24. The number of amides is 1. The average Bonchev–Trinajstić information content (AvgIpc) is 2.62. The fourth-order valence-corrected chi connectivity index (χ4v) is 2.93. The van der Waals surface area contributed by atoms with Crippen molar-refractivity contribution in [2.24, 2.45) is 0 Å². The van der Waals surface area contributed by atoms with E-state index in [0.717, 1.165) is 11.1 Å². The minimum absolute atomic E-state index is 0.0722. The maximum absolute atomic E-state index is 13.0. The van der Waals surface area contributed by atoms with Crippen LogP contribution in [0.2, 0.25) is 0 Å². The number of non-ortho nitro benzene ring substituents is 1. The number of nitro groups is 1. The van der Waals surface area contributed by atoms with Gasteiger partial charge in [0.15, 0.2) is 0 Å². The molecule has 1 saturated heterocycles. The fraction of sp³-hybridized carbons (Fsp3) is 0.294. The molecule has 124 valence electrons. The van der Waals surface area contributed by atoms with Crippen molar-refractivity contribution < 1.29 is 9.72 Å². The van der Waals surface area contributed by atoms with Gasteiger partial charge in [-0.25, -0.2) is 0 Å². The van der Waals surface area contributed by atoms with Gasteiger partial charge in [0.05, 0.1) is 11.0 Å². The van der Waals surface area contributed by atoms with Crippen LogP contribution in [-0.4, -0.2) is 40.3 Å². The maximum atomic E-state index is 13.0. The van der Waals surface area contributed by atoms with Crippen molar-refractivity contribution in [1.29, 1.82) is 0 Å². The summed E-state index contributed by atoms with van der Waals surface area (Å²) in [6.45, 7) is 3.65. The van der Waals surface area contributed by atoms with Crippen molar-refractivity contribution in [3.05, 3.63) is 69.5 Å². The summed E-state index contributed by atoms with van der Waals surface area (Å²) in [5, 5.41) is 14.3. The minimum atomic E-state index is -0.480. The Labute approximate surface area is 139 Å². The van der Waals surface area contributed by atoms with Crippen LogP contribution in [0.4, 0.5) is 5.69 Å². The number of piperazine rings is 1. The normalized spacial score (nSPS) is 17.5. The predicted octanol–water partition coefficient (Wildman–Crippen LogP) is 2.08. The largest absolute Gasteiger partial charge is 0.329 e. The van der Waals surface area contributed by atoms with Crippen LogP contribution in [0, 0.1) is 17.0 Å². The lowest BCUT2D eigenvalue weighted by Crippen LogP contribution is -2.48. The zero-order valence-corrected chi connectivity index (χ0v) is 13.3. The number of aryl methyl sites for hydroxylation is 1. The van der Waals surface area contributed by atoms with Crippen LogP contribution in [0.5, 0.6) is 0 Å². The molecule has 1 aromatic heterocycles. The Morgan fingerprint density at radius 3 is 2.96 bits per heavy atom. The summed E-state index contributed by atoms with van der Waals surface area (Å²) >= 11 is 0. The second-order valence-corrected chi connectivity index (χ2v) is 5.76. The molecule has 1 fully saturated rings. The third-order valence-electron chi connectivity index (χ3n) is 4.24. The van der Waals surface area contributed by atoms with Crippen LogP contribution in [-0.2, 0) is 0 Å². The van der Waals surface area contributed by atoms with Crippen molar-refractivity contribution >= 4 is 11.6 Å². The van der Waals surface area contributed by atoms with Crippen molar-refractivity contribution in [2.75, 3.05) is 19.6 Å². The molecular weight excluding hydrogens is 308 g/mol. The average molecular weight is 326 g/mol. The second-order valence-electron chi connectivity index (χ2n) is 5.76. The number of rotatable bonds is 3. The summed E-state index contributed by atoms with van der Waals surface area (Å²) in [5.74, 6) is -0.188. The summed E-state index contributed by atoms with van der Waals surface area (Å²) < 4.78 is 0. The van der Waals surface area contributed by atoms with Crippen LogP contribution < -0.4 is 5.32 Å². The molecule has 24 heavy (non-hydrogen) atoms. The monoisotopic (exact) mass is 326 g/mol. The van der Waals surface area contributed by atoms with Gasteiger partial charge in [-0.15, -0.1) is 0 Å². The lowest BCUT2D eigenvalue weighted by atomic mass is 10.0. The number of nitrogens with zero attached hydrogens (tertiary/aromatic N) is 3. The molecule has 0 spiro atoms. The number of aromatic nitrogens is 1. The zero-order chi connectivity index (χ0) is 17.1. The summed E-state index contributed by atoms with van der Waals surface area (Å²) in [6.07, 6.45) is 3.44. The van der Waals surface area contributed by atoms with E-state index < -0.39 is 4.92 Å². The van der Waals surface area contributed by atoms with Gasteiger partial charge in [0.25, 0.3) is 11.6 Å². The van der Waals surface area contributed by atoms with E-state index in [1.165, 1.54) is 12.1 Å². The third kappa shape index (κ3) is 3.11. The summed E-state index contributed by atoms with van der Waals surface area (Å²) in [4.78, 5) is 29.5. The highest BCUT2D eigenvalue weighted by Crippen LogP contribution is 2.26. The Bertz CT molecular complexity index is 764. The lowest BCUT2D eigenvalue weighted by Gasteiger charge is -2.36. The molecule has 0 aliphatic carbocycles. The first-order chi connectivity index (χ1) is 11.6. The van der Waals surface area contributed by atoms with Gasteiger partial charge in [-0.1, -0.05) is 12.1 Å². The Morgan fingerprint density at radius 1 is 1.42 bits per heavy atom. The Morgan fingerprint density at radius 2 is 2.25 bits per heavy atom. The van der Waals surface area contributed by atoms with Gasteiger partial charge in [0.2, 0.25) is 0 Å². The SMILES string of the molecule is Cc1ccc([N+](=O)[O-])cc1C(=O)N1CCNCC1c1cccnc1. The van der Waals surface area contributed by atoms with Gasteiger partial charge in [0.1, 0.15) is 0 Å². The molecule has 7 heteroatoms. The molecule has 1 aliphatic rings. The van der Waals surface area contributed by atoms with Crippen molar-refractivity contribution in [3.8, 4) is 0 Å². The van der Waals surface area contributed by atoms with Crippen LogP contribution in [0.1, 0.15) is 27.5 Å². The van der Waals surface area contributed by atoms with Crippen LogP contribution >= 0.6 is 0 Å². The molecule has 1 atom stereocenters. The van der Waals surface area contributed by atoms with E-state index in [2.05, 4.69) is 10.3 Å². The lowest BCUT2D eigenvalue weighted by molar-refractivity contribution is -0.384. The number of pyridine rings is 1. The predicted molar refractivity (Wildman–Crippen MR) is 88.7 cm³/mol. The highest BCUT2D eigenvalue weighted by atomic mass is 16.6. The van der Waals surface area contributed by atoms with E-state index >= 15 is 0 Å². The number of carbonyl (C=O) groups excluding carboxylic acids is 1. The number of nitrogens with one attached hydrogen (secondary N) is 1. The van der Waals surface area contributed by atoms with E-state index in [-0.39, 0.29) is 17.6 Å². The van der Waals surface area contributed by atoms with Crippen molar-refractivity contribution in [1.82, 2.24) is 15.2 Å². The van der Waals surface area contributed by atoms with E-state index in [9.17, 15) is 14.9 Å². The van der Waals surface area contributed by atoms with E-state index in [4.69, 9.17) is 0 Å². The van der Waals surface area contributed by atoms with Gasteiger partial charge < -0.3 is 10.2 Å². The molecule has 3 rings (SSSR count). The van der Waals surface area contributed by atoms with Crippen LogP contribution in [0.15, 0.2) is 42.7 Å². The van der Waals surface area contributed by atoms with Gasteiger partial charge >= 0.3 is 0 Å². The summed E-state index contributed by atoms with van der Waals surface area (Å²) in [5.41, 5.74) is 1.98. The van der Waals surface area contributed by atoms with Crippen molar-refractivity contribution in [2.45, 2.75) is 13.0 Å². The highest BCUT2D eigenvalue weighted by molar-refractivity contribution is 5.96. The minimum Gasteiger partial charge on any atom is -0.329 e. The van der Waals surface area contributed by atoms with Crippen molar-refractivity contribution in [3.63, 3.8) is 0 Å². The molecular formula is C17H18N4O3. The molecule has 1 aliphatic heterocycles. The first-order valence-corrected chi connectivity index (χ1v) is 7.74. The van der Waals surface area contributed by atoms with Crippen LogP contribution in [0.3, 0.4) is 0 Å². The number of benzene rings is 1. The molecule has 0 saturated carbocycles. The van der Waals surface area contributed by atoms with Gasteiger partial charge in [-0.3, -0.25) is 19.9 Å². The first kappa shape index (κ1) is 16.1. The number of hydrogen-bond acceptors (Lipinski definition) is 5. The standard InChI is InChI=1S/C17H18N4O3/c1-12-4-5-14(21(23)24)9-15(12)17(22)20-8-7-19-11-16(20)13-3-2-6-18-10-13/h2-6,9-10,16,19H,7-8,11H2,1H3. The Hall–Kier alpha value is -2.80. The quantitative estimate of drug-likeness (QED) is 0.689. The first-order valence-electron chi connectivity index (χ1n) is 7.74. The molecule has 1 N–H and O–H groups in total. The molecule has 0 bridgehead atoms. The Kier molecular flexibility index (Phi) is 4.52. The van der Waals surface area contributed by atoms with E-state index in [0.29, 0.717) is 25.2 Å². The summed E-state index contributed by atoms with van der Waals surface area (Å²) in [6, 6.07) is 8.03. The molecule has 1 aromatic carbocycles. The molecule has 2 heterocycles. The number of nitro benzene ring substituents is 1.